The van der Waals surface area contributed by atoms with E-state index in [1.165, 1.54) is 27.4 Å². The minimum Gasteiger partial charge on any atom is -0.496 e. The molecule has 0 amide bonds. The van der Waals surface area contributed by atoms with Crippen LogP contribution in [0.25, 0.3) is 10.9 Å². The van der Waals surface area contributed by atoms with Crippen LogP contribution in [-0.2, 0) is 14.3 Å². The molecule has 0 unspecified atom stereocenters. The normalized spacial score (nSPS) is 23.0. The van der Waals surface area contributed by atoms with Crippen molar-refractivity contribution in [3.63, 3.8) is 0 Å². The SMILES string of the molecule is COC(=O)C1=C(C)NC2=C(C(=O)[C@@]3(Oc4c(Cl)c(OC)cc(OC)c4C3=O)[C@H](C)C2)[C@@H]1c1cc2ccccc2[nH]c1=O. The molecule has 6 rings (SSSR count). The van der Waals surface area contributed by atoms with Crippen LogP contribution < -0.4 is 25.1 Å². The number of carbonyl (C=O) groups is 3. The molecule has 2 N–H and O–H groups in total. The smallest absolute Gasteiger partial charge is 0.336 e. The lowest BCUT2D eigenvalue weighted by molar-refractivity contribution is -0.136. The van der Waals surface area contributed by atoms with Crippen LogP contribution in [0.15, 0.2) is 63.7 Å². The summed E-state index contributed by atoms with van der Waals surface area (Å²) in [5.74, 6) is -3.51. The van der Waals surface area contributed by atoms with Crippen LogP contribution in [0.3, 0.4) is 0 Å². The first-order valence-electron chi connectivity index (χ1n) is 13.2. The highest BCUT2D eigenvalue weighted by Crippen LogP contribution is 2.55. The highest BCUT2D eigenvalue weighted by Gasteiger charge is 2.64. The molecule has 1 spiro atoms. The fourth-order valence-corrected chi connectivity index (χ4v) is 6.61. The first-order chi connectivity index (χ1) is 20.1. The Morgan fingerprint density at radius 3 is 2.45 bits per heavy atom. The summed E-state index contributed by atoms with van der Waals surface area (Å²) in [5, 5.41) is 3.90. The number of esters is 1. The number of hydrogen-bond donors (Lipinski definition) is 2. The number of ketones is 2. The molecule has 1 aliphatic carbocycles. The van der Waals surface area contributed by atoms with Gasteiger partial charge in [-0.05, 0) is 30.9 Å². The second kappa shape index (κ2) is 9.77. The number of aromatic amines is 1. The average molecular weight is 591 g/mol. The number of carbonyl (C=O) groups excluding carboxylic acids is 3. The number of Topliss-reactive ketones (excluding diaryl/α,β-unsaturated/α-hetero) is 2. The molecule has 3 aromatic rings. The van der Waals surface area contributed by atoms with E-state index in [0.29, 0.717) is 22.3 Å². The van der Waals surface area contributed by atoms with Gasteiger partial charge in [-0.15, -0.1) is 0 Å². The molecule has 11 heteroatoms. The van der Waals surface area contributed by atoms with Gasteiger partial charge in [-0.2, -0.15) is 0 Å². The summed E-state index contributed by atoms with van der Waals surface area (Å²) in [6, 6.07) is 10.3. The average Bonchev–Trinajstić information content (AvgIpc) is 3.29. The quantitative estimate of drug-likeness (QED) is 0.339. The fourth-order valence-electron chi connectivity index (χ4n) is 6.34. The van der Waals surface area contributed by atoms with Crippen molar-refractivity contribution in [2.45, 2.75) is 31.8 Å². The number of fused-ring (bicyclic) bond motifs is 2. The van der Waals surface area contributed by atoms with Gasteiger partial charge in [0.1, 0.15) is 22.1 Å². The number of hydrogen-bond acceptors (Lipinski definition) is 9. The standard InChI is InChI=1S/C31H27ClN2O8/c1-13-10-18-23(27(35)31(13)28(36)24-19(39-3)12-20(40-4)25(32)26(24)42-31)22(21(14(2)33-18)30(38)41-5)16-11-15-8-6-7-9-17(15)34-29(16)37/h6-9,11-13,22,33H,10H2,1-5H3,(H,34,37)/t13-,22-,31+/m1/s1. The maximum Gasteiger partial charge on any atom is 0.336 e. The summed E-state index contributed by atoms with van der Waals surface area (Å²) in [5.41, 5.74) is -0.668. The minimum atomic E-state index is -2.03. The molecule has 0 saturated carbocycles. The molecule has 1 aromatic heterocycles. The molecule has 2 aliphatic heterocycles. The summed E-state index contributed by atoms with van der Waals surface area (Å²) in [6.45, 7) is 3.42. The number of H-pyrrole nitrogens is 1. The van der Waals surface area contributed by atoms with Gasteiger partial charge in [-0.3, -0.25) is 14.4 Å². The molecule has 2 aromatic carbocycles. The van der Waals surface area contributed by atoms with Gasteiger partial charge in [0, 0.05) is 40.0 Å². The molecule has 3 aliphatic rings. The van der Waals surface area contributed by atoms with Gasteiger partial charge in [0.15, 0.2) is 5.75 Å². The van der Waals surface area contributed by atoms with Crippen molar-refractivity contribution in [2.24, 2.45) is 5.92 Å². The Morgan fingerprint density at radius 2 is 1.76 bits per heavy atom. The summed E-state index contributed by atoms with van der Waals surface area (Å²) in [7, 11) is 4.02. The van der Waals surface area contributed by atoms with Crippen molar-refractivity contribution in [2.75, 3.05) is 21.3 Å². The van der Waals surface area contributed by atoms with Crippen molar-refractivity contribution in [3.05, 3.63) is 85.4 Å². The van der Waals surface area contributed by atoms with E-state index in [-0.39, 0.29) is 51.0 Å². The first-order valence-corrected chi connectivity index (χ1v) is 13.6. The molecule has 0 fully saturated rings. The van der Waals surface area contributed by atoms with E-state index in [0.717, 1.165) is 0 Å². The highest BCUT2D eigenvalue weighted by atomic mass is 35.5. The van der Waals surface area contributed by atoms with Gasteiger partial charge >= 0.3 is 5.97 Å². The largest absolute Gasteiger partial charge is 0.496 e. The molecule has 42 heavy (non-hydrogen) atoms. The van der Waals surface area contributed by atoms with Gasteiger partial charge in [-0.25, -0.2) is 4.79 Å². The molecule has 3 atom stereocenters. The second-order valence-corrected chi connectivity index (χ2v) is 10.9. The lowest BCUT2D eigenvalue weighted by Gasteiger charge is -2.42. The van der Waals surface area contributed by atoms with Crippen molar-refractivity contribution < 1.29 is 33.3 Å². The third kappa shape index (κ3) is 3.64. The summed E-state index contributed by atoms with van der Waals surface area (Å²) >= 11 is 6.58. The minimum absolute atomic E-state index is 0.0218. The molecule has 0 saturated heterocycles. The van der Waals surface area contributed by atoms with E-state index in [1.807, 2.05) is 12.1 Å². The number of halogens is 1. The van der Waals surface area contributed by atoms with Gasteiger partial charge < -0.3 is 29.2 Å². The Bertz CT molecular complexity index is 1860. The number of rotatable bonds is 4. The van der Waals surface area contributed by atoms with Crippen LogP contribution in [0, 0.1) is 5.92 Å². The molecule has 0 radical (unpaired) electrons. The molecule has 0 bridgehead atoms. The lowest BCUT2D eigenvalue weighted by Crippen LogP contribution is -2.58. The van der Waals surface area contributed by atoms with Crippen LogP contribution >= 0.6 is 11.6 Å². The van der Waals surface area contributed by atoms with Crippen LogP contribution in [0.1, 0.15) is 42.1 Å². The summed E-state index contributed by atoms with van der Waals surface area (Å²) < 4.78 is 22.2. The number of allylic oxidation sites excluding steroid dienone is 2. The Labute approximate surface area is 245 Å². The molecule has 10 nitrogen and oxygen atoms in total. The number of para-hydroxylation sites is 1. The van der Waals surface area contributed by atoms with Crippen LogP contribution in [0.5, 0.6) is 17.2 Å². The third-order valence-corrected chi connectivity index (χ3v) is 8.71. The Balaban J connectivity index is 1.59. The number of pyridine rings is 1. The van der Waals surface area contributed by atoms with Crippen molar-refractivity contribution >= 4 is 40.0 Å². The highest BCUT2D eigenvalue weighted by molar-refractivity contribution is 6.36. The van der Waals surface area contributed by atoms with Gasteiger partial charge in [0.2, 0.25) is 17.2 Å². The number of methoxy groups -OCH3 is 3. The van der Waals surface area contributed by atoms with E-state index < -0.39 is 40.5 Å². The van der Waals surface area contributed by atoms with Crippen molar-refractivity contribution in [1.82, 2.24) is 10.3 Å². The molecular weight excluding hydrogens is 564 g/mol. The predicted octanol–water partition coefficient (Wildman–Crippen LogP) is 4.21. The Morgan fingerprint density at radius 1 is 1.05 bits per heavy atom. The van der Waals surface area contributed by atoms with Gasteiger partial charge in [0.05, 0.1) is 32.8 Å². The van der Waals surface area contributed by atoms with E-state index in [4.69, 9.17) is 30.5 Å². The van der Waals surface area contributed by atoms with E-state index in [2.05, 4.69) is 10.3 Å². The van der Waals surface area contributed by atoms with Crippen LogP contribution in [0.4, 0.5) is 0 Å². The van der Waals surface area contributed by atoms with E-state index in [9.17, 15) is 19.2 Å². The zero-order valence-electron chi connectivity index (χ0n) is 23.5. The lowest BCUT2D eigenvalue weighted by atomic mass is 9.65. The number of aromatic nitrogens is 1. The van der Waals surface area contributed by atoms with Gasteiger partial charge in [0.25, 0.3) is 5.56 Å². The maximum absolute atomic E-state index is 14.8. The fraction of sp³-hybridized carbons (Fsp3) is 0.290. The third-order valence-electron chi connectivity index (χ3n) is 8.35. The zero-order chi connectivity index (χ0) is 30.1. The molecular formula is C31H27ClN2O8. The Kier molecular flexibility index (Phi) is 6.42. The topological polar surface area (TPSA) is 133 Å². The second-order valence-electron chi connectivity index (χ2n) is 10.5. The summed E-state index contributed by atoms with van der Waals surface area (Å²) in [4.78, 5) is 58.7. The molecule has 216 valence electrons. The van der Waals surface area contributed by atoms with Crippen LogP contribution in [-0.4, -0.2) is 49.5 Å². The van der Waals surface area contributed by atoms with Crippen molar-refractivity contribution in [3.8, 4) is 17.2 Å². The zero-order valence-corrected chi connectivity index (χ0v) is 24.2. The Hall–Kier alpha value is -4.57. The number of dihydropyridines is 1. The number of benzene rings is 2. The van der Waals surface area contributed by atoms with E-state index in [1.54, 1.807) is 32.0 Å². The van der Waals surface area contributed by atoms with Crippen molar-refractivity contribution in [1.29, 1.82) is 0 Å². The summed E-state index contributed by atoms with van der Waals surface area (Å²) in [6.07, 6.45) is 0.200. The number of nitrogens with one attached hydrogen (secondary N) is 2. The monoisotopic (exact) mass is 590 g/mol. The maximum atomic E-state index is 14.8. The van der Waals surface area contributed by atoms with E-state index >= 15 is 0 Å². The van der Waals surface area contributed by atoms with Crippen LogP contribution in [0.2, 0.25) is 5.02 Å². The predicted molar refractivity (Wildman–Crippen MR) is 153 cm³/mol. The first kappa shape index (κ1) is 27.6. The molecule has 3 heterocycles. The number of ether oxygens (including phenoxy) is 4. The van der Waals surface area contributed by atoms with Gasteiger partial charge in [-0.1, -0.05) is 36.7 Å².